The van der Waals surface area contributed by atoms with Crippen molar-refractivity contribution in [3.63, 3.8) is 0 Å². The van der Waals surface area contributed by atoms with Crippen molar-refractivity contribution in [2.75, 3.05) is 6.61 Å². The predicted octanol–water partition coefficient (Wildman–Crippen LogP) is 2.68. The third-order valence-corrected chi connectivity index (χ3v) is 2.64. The molecule has 0 fully saturated rings. The number of aryl methyl sites for hydroxylation is 1. The van der Waals surface area contributed by atoms with Crippen molar-refractivity contribution in [3.8, 4) is 0 Å². The largest absolute Gasteiger partial charge is 0.463 e. The molecule has 2 aromatic rings. The molecule has 2 rings (SSSR count). The summed E-state index contributed by atoms with van der Waals surface area (Å²) in [6.45, 7) is 3.92. The number of benzene rings is 1. The van der Waals surface area contributed by atoms with E-state index in [1.54, 1.807) is 19.1 Å². The zero-order chi connectivity index (χ0) is 13.8. The van der Waals surface area contributed by atoms with E-state index in [9.17, 15) is 9.59 Å². The van der Waals surface area contributed by atoms with Crippen LogP contribution in [0.2, 0.25) is 0 Å². The number of rotatable bonds is 3. The van der Waals surface area contributed by atoms with Gasteiger partial charge in [-0.2, -0.15) is 0 Å². The van der Waals surface area contributed by atoms with E-state index >= 15 is 0 Å². The van der Waals surface area contributed by atoms with Gasteiger partial charge in [-0.25, -0.2) is 4.79 Å². The summed E-state index contributed by atoms with van der Waals surface area (Å²) in [6.07, 6.45) is 3.97. The zero-order valence-electron chi connectivity index (χ0n) is 10.8. The molecule has 0 saturated carbocycles. The second kappa shape index (κ2) is 5.52. The highest BCUT2D eigenvalue weighted by Gasteiger charge is 2.05. The lowest BCUT2D eigenvalue weighted by atomic mass is 10.1. The minimum atomic E-state index is -0.480. The van der Waals surface area contributed by atoms with E-state index in [2.05, 4.69) is 0 Å². The minimum absolute atomic E-state index is 0.162. The maximum Gasteiger partial charge on any atom is 0.330 e. The summed E-state index contributed by atoms with van der Waals surface area (Å²) < 4.78 is 10.1. The lowest BCUT2D eigenvalue weighted by molar-refractivity contribution is -0.137. The van der Waals surface area contributed by atoms with Gasteiger partial charge < -0.3 is 9.15 Å². The smallest absolute Gasteiger partial charge is 0.330 e. The first kappa shape index (κ1) is 13.1. The molecular formula is C15H14O4. The molecular weight excluding hydrogens is 244 g/mol. The molecule has 0 radical (unpaired) electrons. The molecule has 4 nitrogen and oxygen atoms in total. The molecule has 1 aromatic carbocycles. The van der Waals surface area contributed by atoms with Crippen LogP contribution in [0.4, 0.5) is 0 Å². The molecule has 98 valence electrons. The second-order valence-electron chi connectivity index (χ2n) is 4.11. The molecule has 4 heteroatoms. The molecule has 1 aromatic heterocycles. The van der Waals surface area contributed by atoms with Crippen LogP contribution in [-0.4, -0.2) is 12.6 Å². The zero-order valence-corrected chi connectivity index (χ0v) is 10.8. The summed E-state index contributed by atoms with van der Waals surface area (Å²) in [5, 5.41) is 0.506. The van der Waals surface area contributed by atoms with Crippen molar-refractivity contribution in [1.82, 2.24) is 0 Å². The molecule has 0 amide bonds. The van der Waals surface area contributed by atoms with E-state index in [0.29, 0.717) is 23.1 Å². The molecule has 0 N–H and O–H groups in total. The van der Waals surface area contributed by atoms with Gasteiger partial charge in [-0.05, 0) is 32.1 Å². The Kier molecular flexibility index (Phi) is 3.80. The maximum atomic E-state index is 12.2. The first-order valence-corrected chi connectivity index (χ1v) is 5.99. The fourth-order valence-corrected chi connectivity index (χ4v) is 1.72. The standard InChI is InChI=1S/C15H14O4/c1-3-18-14(16)7-5-11-9-19-13-6-4-10(2)8-12(13)15(11)17/h4-9H,3H2,1-2H3/b7-5+. The van der Waals surface area contributed by atoms with Crippen molar-refractivity contribution in [2.24, 2.45) is 0 Å². The van der Waals surface area contributed by atoms with Gasteiger partial charge >= 0.3 is 5.97 Å². The number of esters is 1. The molecule has 0 aliphatic rings. The van der Waals surface area contributed by atoms with Gasteiger partial charge in [-0.15, -0.1) is 0 Å². The van der Waals surface area contributed by atoms with Gasteiger partial charge in [-0.1, -0.05) is 11.6 Å². The fraction of sp³-hybridized carbons (Fsp3) is 0.200. The predicted molar refractivity (Wildman–Crippen MR) is 72.9 cm³/mol. The fourth-order valence-electron chi connectivity index (χ4n) is 1.72. The van der Waals surface area contributed by atoms with Gasteiger partial charge in [0.2, 0.25) is 0 Å². The number of carbonyl (C=O) groups excluding carboxylic acids is 1. The highest BCUT2D eigenvalue weighted by atomic mass is 16.5. The number of hydrogen-bond donors (Lipinski definition) is 0. The Morgan fingerprint density at radius 1 is 1.42 bits per heavy atom. The molecule has 0 atom stereocenters. The second-order valence-corrected chi connectivity index (χ2v) is 4.11. The van der Waals surface area contributed by atoms with Gasteiger partial charge in [0.1, 0.15) is 11.8 Å². The Labute approximate surface area is 110 Å². The lowest BCUT2D eigenvalue weighted by Crippen LogP contribution is -2.06. The maximum absolute atomic E-state index is 12.2. The summed E-state index contributed by atoms with van der Waals surface area (Å²) >= 11 is 0. The summed E-state index contributed by atoms with van der Waals surface area (Å²) in [4.78, 5) is 23.4. The monoisotopic (exact) mass is 258 g/mol. The molecule has 0 bridgehead atoms. The van der Waals surface area contributed by atoms with Crippen molar-refractivity contribution in [3.05, 3.63) is 51.9 Å². The van der Waals surface area contributed by atoms with Gasteiger partial charge in [-0.3, -0.25) is 4.79 Å². The first-order valence-electron chi connectivity index (χ1n) is 5.99. The number of carbonyl (C=O) groups is 1. The van der Waals surface area contributed by atoms with Crippen LogP contribution >= 0.6 is 0 Å². The van der Waals surface area contributed by atoms with Crippen LogP contribution < -0.4 is 5.43 Å². The Morgan fingerprint density at radius 3 is 2.95 bits per heavy atom. The van der Waals surface area contributed by atoms with Crippen molar-refractivity contribution >= 4 is 23.0 Å². The summed E-state index contributed by atoms with van der Waals surface area (Å²) in [5.41, 5.74) is 1.67. The van der Waals surface area contributed by atoms with E-state index in [-0.39, 0.29) is 5.43 Å². The van der Waals surface area contributed by atoms with Crippen LogP contribution in [0.15, 0.2) is 39.7 Å². The van der Waals surface area contributed by atoms with Gasteiger partial charge in [0.15, 0.2) is 5.43 Å². The molecule has 0 unspecified atom stereocenters. The average molecular weight is 258 g/mol. The first-order chi connectivity index (χ1) is 9.11. The quantitative estimate of drug-likeness (QED) is 0.627. The van der Waals surface area contributed by atoms with Crippen molar-refractivity contribution in [1.29, 1.82) is 0 Å². The molecule has 0 aliphatic heterocycles. The van der Waals surface area contributed by atoms with Crippen LogP contribution in [0.1, 0.15) is 18.1 Å². The normalized spacial score (nSPS) is 11.1. The number of ether oxygens (including phenoxy) is 1. The third-order valence-electron chi connectivity index (χ3n) is 2.64. The Morgan fingerprint density at radius 2 is 2.21 bits per heavy atom. The van der Waals surface area contributed by atoms with E-state index in [1.165, 1.54) is 18.4 Å². The topological polar surface area (TPSA) is 56.5 Å². The van der Waals surface area contributed by atoms with E-state index in [4.69, 9.17) is 9.15 Å². The van der Waals surface area contributed by atoms with Crippen molar-refractivity contribution < 1.29 is 13.9 Å². The molecule has 19 heavy (non-hydrogen) atoms. The van der Waals surface area contributed by atoms with Gasteiger partial charge in [0, 0.05) is 6.08 Å². The third kappa shape index (κ3) is 2.91. The van der Waals surface area contributed by atoms with Gasteiger partial charge in [0.05, 0.1) is 17.6 Å². The van der Waals surface area contributed by atoms with E-state index < -0.39 is 5.97 Å². The van der Waals surface area contributed by atoms with E-state index in [0.717, 1.165) is 5.56 Å². The summed E-state index contributed by atoms with van der Waals surface area (Å²) in [7, 11) is 0. The van der Waals surface area contributed by atoms with Crippen LogP contribution in [0.3, 0.4) is 0 Å². The molecule has 1 heterocycles. The minimum Gasteiger partial charge on any atom is -0.463 e. The molecule has 0 saturated heterocycles. The Bertz CT molecular complexity index is 695. The Balaban J connectivity index is 2.43. The lowest BCUT2D eigenvalue weighted by Gasteiger charge is -2.00. The Hall–Kier alpha value is -2.36. The van der Waals surface area contributed by atoms with Crippen LogP contribution in [0.25, 0.3) is 17.0 Å². The van der Waals surface area contributed by atoms with Gasteiger partial charge in [0.25, 0.3) is 0 Å². The van der Waals surface area contributed by atoms with Crippen LogP contribution in [0, 0.1) is 6.92 Å². The molecule has 0 spiro atoms. The van der Waals surface area contributed by atoms with E-state index in [1.807, 2.05) is 13.0 Å². The molecule has 0 aliphatic carbocycles. The highest BCUT2D eigenvalue weighted by molar-refractivity contribution is 5.88. The number of fused-ring (bicyclic) bond motifs is 1. The SMILES string of the molecule is CCOC(=O)/C=C/c1coc2ccc(C)cc2c1=O. The highest BCUT2D eigenvalue weighted by Crippen LogP contribution is 2.13. The summed E-state index contributed by atoms with van der Waals surface area (Å²) in [5.74, 6) is -0.480. The van der Waals surface area contributed by atoms with Crippen LogP contribution in [0.5, 0.6) is 0 Å². The van der Waals surface area contributed by atoms with Crippen molar-refractivity contribution in [2.45, 2.75) is 13.8 Å². The number of hydrogen-bond acceptors (Lipinski definition) is 4. The van der Waals surface area contributed by atoms with Crippen LogP contribution in [-0.2, 0) is 9.53 Å². The summed E-state index contributed by atoms with van der Waals surface area (Å²) in [6, 6.07) is 5.40. The average Bonchev–Trinajstić information content (AvgIpc) is 2.39.